The van der Waals surface area contributed by atoms with E-state index in [1.807, 2.05) is 30.3 Å². The highest BCUT2D eigenvalue weighted by Gasteiger charge is 2.30. The molecule has 1 N–H and O–H groups in total. The number of amides is 1. The van der Waals surface area contributed by atoms with Gasteiger partial charge in [-0.3, -0.25) is 9.59 Å². The predicted molar refractivity (Wildman–Crippen MR) is 141 cm³/mol. The maximum atomic E-state index is 13.2. The third-order valence-electron chi connectivity index (χ3n) is 5.43. The molecule has 37 heavy (non-hydrogen) atoms. The summed E-state index contributed by atoms with van der Waals surface area (Å²) in [5, 5.41) is 9.80. The number of carboxylic acid groups (broad SMARTS) is 1. The normalized spacial score (nSPS) is 11.0. The topological polar surface area (TPSA) is 101 Å². The molecule has 0 bridgehead atoms. The van der Waals surface area contributed by atoms with Crippen LogP contribution >= 0.6 is 23.2 Å². The molecule has 0 atom stereocenters. The Morgan fingerprint density at radius 2 is 1.51 bits per heavy atom. The number of aromatic carboxylic acids is 1. The molecule has 9 heteroatoms. The van der Waals surface area contributed by atoms with E-state index in [1.54, 1.807) is 32.0 Å². The Balaban J connectivity index is 1.76. The van der Waals surface area contributed by atoms with Gasteiger partial charge in [0, 0.05) is 12.1 Å². The van der Waals surface area contributed by atoms with Gasteiger partial charge in [-0.15, -0.1) is 0 Å². The highest BCUT2D eigenvalue weighted by molar-refractivity contribution is 6.42. The van der Waals surface area contributed by atoms with E-state index in [0.717, 1.165) is 5.56 Å². The lowest BCUT2D eigenvalue weighted by atomic mass is 9.98. The maximum absolute atomic E-state index is 13.2. The molecule has 0 saturated heterocycles. The smallest absolute Gasteiger partial charge is 0.375 e. The van der Waals surface area contributed by atoms with Crippen molar-refractivity contribution in [3.63, 3.8) is 0 Å². The van der Waals surface area contributed by atoms with Crippen LogP contribution in [0.3, 0.4) is 0 Å². The van der Waals surface area contributed by atoms with E-state index >= 15 is 0 Å². The number of benzene rings is 3. The first-order valence-corrected chi connectivity index (χ1v) is 12.1. The maximum Gasteiger partial charge on any atom is 0.375 e. The number of carboxylic acids is 1. The molecule has 1 amide bonds. The van der Waals surface area contributed by atoms with Crippen molar-refractivity contribution in [2.75, 3.05) is 4.90 Å². The zero-order valence-electron chi connectivity index (χ0n) is 20.2. The van der Waals surface area contributed by atoms with Crippen LogP contribution in [0.1, 0.15) is 41.8 Å². The van der Waals surface area contributed by atoms with Crippen molar-refractivity contribution >= 4 is 52.5 Å². The van der Waals surface area contributed by atoms with Crippen LogP contribution in [0.2, 0.25) is 10.0 Å². The molecular weight excluding hydrogens is 517 g/mol. The summed E-state index contributed by atoms with van der Waals surface area (Å²) in [6.45, 7) is 3.38. The second kappa shape index (κ2) is 12.0. The summed E-state index contributed by atoms with van der Waals surface area (Å²) in [5.41, 5.74) is 0.951. The highest BCUT2D eigenvalue weighted by Crippen LogP contribution is 2.26. The minimum atomic E-state index is -1.12. The van der Waals surface area contributed by atoms with Crippen molar-refractivity contribution in [3.8, 4) is 0 Å². The van der Waals surface area contributed by atoms with E-state index in [0.29, 0.717) is 22.7 Å². The molecule has 0 unspecified atom stereocenters. The highest BCUT2D eigenvalue weighted by atomic mass is 35.5. The number of rotatable bonds is 10. The molecule has 0 fully saturated rings. The van der Waals surface area contributed by atoms with Gasteiger partial charge >= 0.3 is 11.9 Å². The lowest BCUT2D eigenvalue weighted by Crippen LogP contribution is -2.37. The monoisotopic (exact) mass is 541 g/mol. The molecule has 192 valence electrons. The number of ketones is 1. The molecule has 0 aliphatic heterocycles. The number of hydrogen-bond donors (Lipinski definition) is 1. The van der Waals surface area contributed by atoms with Crippen molar-refractivity contribution < 1.29 is 29.0 Å². The Morgan fingerprint density at radius 1 is 0.865 bits per heavy atom. The molecule has 0 heterocycles. The minimum absolute atomic E-state index is 0.00394. The standard InChI is InChI=1S/C28H25Cl2NO6/c1-28(2,16-18-6-4-3-5-7-18)37-27(36)24(32)15-25(33)31(17-19-8-13-22(29)23(30)14-19)21-11-9-20(10-12-21)26(34)35/h3-14H,15-17H2,1-2H3,(H,34,35). The van der Waals surface area contributed by atoms with E-state index in [-0.39, 0.29) is 17.1 Å². The number of hydrogen-bond acceptors (Lipinski definition) is 5. The van der Waals surface area contributed by atoms with E-state index < -0.39 is 35.7 Å². The average Bonchev–Trinajstić information content (AvgIpc) is 2.84. The van der Waals surface area contributed by atoms with Crippen LogP contribution in [0.15, 0.2) is 72.8 Å². The summed E-state index contributed by atoms with van der Waals surface area (Å²) >= 11 is 12.1. The number of Topliss-reactive ketones (excluding diaryl/α,β-unsaturated/α-hetero) is 1. The van der Waals surface area contributed by atoms with E-state index in [2.05, 4.69) is 0 Å². The molecule has 0 saturated carbocycles. The van der Waals surface area contributed by atoms with Crippen LogP contribution in [0.25, 0.3) is 0 Å². The minimum Gasteiger partial charge on any atom is -0.478 e. The zero-order valence-corrected chi connectivity index (χ0v) is 21.8. The summed E-state index contributed by atoms with van der Waals surface area (Å²) in [4.78, 5) is 50.9. The number of anilines is 1. The molecule has 3 aromatic rings. The van der Waals surface area contributed by atoms with Gasteiger partial charge in [0.2, 0.25) is 11.7 Å². The molecule has 0 radical (unpaired) electrons. The first-order valence-electron chi connectivity index (χ1n) is 11.3. The Bertz CT molecular complexity index is 1310. The number of nitrogens with zero attached hydrogens (tertiary/aromatic N) is 1. The van der Waals surface area contributed by atoms with Crippen LogP contribution in [-0.4, -0.2) is 34.3 Å². The summed E-state index contributed by atoms with van der Waals surface area (Å²) in [5.74, 6) is -3.89. The average molecular weight is 542 g/mol. The quantitative estimate of drug-likeness (QED) is 0.199. The second-order valence-electron chi connectivity index (χ2n) is 8.99. The summed E-state index contributed by atoms with van der Waals surface area (Å²) in [6.07, 6.45) is -0.345. The van der Waals surface area contributed by atoms with E-state index in [1.165, 1.54) is 29.2 Å². The van der Waals surface area contributed by atoms with Gasteiger partial charge < -0.3 is 14.7 Å². The SMILES string of the molecule is CC(C)(Cc1ccccc1)OC(=O)C(=O)CC(=O)N(Cc1ccc(Cl)c(Cl)c1)c1ccc(C(=O)O)cc1. The molecule has 0 aromatic heterocycles. The van der Waals surface area contributed by atoms with Crippen LogP contribution in [0.4, 0.5) is 5.69 Å². The fourth-order valence-electron chi connectivity index (χ4n) is 3.66. The molecule has 3 aromatic carbocycles. The predicted octanol–water partition coefficient (Wildman–Crippen LogP) is 5.75. The van der Waals surface area contributed by atoms with Crippen LogP contribution in [0, 0.1) is 0 Å². The van der Waals surface area contributed by atoms with E-state index in [4.69, 9.17) is 27.9 Å². The fourth-order valence-corrected chi connectivity index (χ4v) is 3.98. The Kier molecular flexibility index (Phi) is 9.08. The molecule has 0 spiro atoms. The van der Waals surface area contributed by atoms with Gasteiger partial charge in [-0.1, -0.05) is 59.6 Å². The van der Waals surface area contributed by atoms with Gasteiger partial charge in [0.25, 0.3) is 0 Å². The number of carbonyl (C=O) groups excluding carboxylic acids is 3. The van der Waals surface area contributed by atoms with Gasteiger partial charge in [-0.25, -0.2) is 9.59 Å². The number of esters is 1. The summed E-state index contributed by atoms with van der Waals surface area (Å²) in [7, 11) is 0. The third-order valence-corrected chi connectivity index (χ3v) is 6.17. The van der Waals surface area contributed by atoms with Gasteiger partial charge in [0.05, 0.1) is 28.6 Å². The van der Waals surface area contributed by atoms with Crippen LogP contribution in [0.5, 0.6) is 0 Å². The van der Waals surface area contributed by atoms with Gasteiger partial charge in [-0.05, 0) is 61.4 Å². The van der Waals surface area contributed by atoms with Gasteiger partial charge in [0.15, 0.2) is 0 Å². The molecular formula is C28H25Cl2NO6. The van der Waals surface area contributed by atoms with Crippen molar-refractivity contribution in [3.05, 3.63) is 99.5 Å². The van der Waals surface area contributed by atoms with Crippen LogP contribution in [-0.2, 0) is 32.1 Å². The first-order chi connectivity index (χ1) is 17.4. The number of carbonyl (C=O) groups is 4. The third kappa shape index (κ3) is 7.90. The van der Waals surface area contributed by atoms with E-state index in [9.17, 15) is 24.3 Å². The van der Waals surface area contributed by atoms with Gasteiger partial charge in [0.1, 0.15) is 5.60 Å². The second-order valence-corrected chi connectivity index (χ2v) is 9.81. The van der Waals surface area contributed by atoms with Gasteiger partial charge in [-0.2, -0.15) is 0 Å². The number of ether oxygens (including phenoxy) is 1. The Labute approximate surface area is 224 Å². The van der Waals surface area contributed by atoms with Crippen molar-refractivity contribution in [1.29, 1.82) is 0 Å². The fraction of sp³-hybridized carbons (Fsp3) is 0.214. The number of halogens is 2. The van der Waals surface area contributed by atoms with Crippen molar-refractivity contribution in [1.82, 2.24) is 0 Å². The molecule has 3 rings (SSSR count). The Morgan fingerprint density at radius 3 is 2.11 bits per heavy atom. The lowest BCUT2D eigenvalue weighted by molar-refractivity contribution is -0.164. The molecule has 7 nitrogen and oxygen atoms in total. The Hall–Kier alpha value is -3.68. The summed E-state index contributed by atoms with van der Waals surface area (Å²) in [6, 6.07) is 19.8. The lowest BCUT2D eigenvalue weighted by Gasteiger charge is -2.26. The first kappa shape index (κ1) is 27.9. The largest absolute Gasteiger partial charge is 0.478 e. The molecule has 0 aliphatic rings. The van der Waals surface area contributed by atoms with Crippen LogP contribution < -0.4 is 4.90 Å². The van der Waals surface area contributed by atoms with Crippen molar-refractivity contribution in [2.24, 2.45) is 0 Å². The molecule has 0 aliphatic carbocycles. The summed E-state index contributed by atoms with van der Waals surface area (Å²) < 4.78 is 5.42. The van der Waals surface area contributed by atoms with Crippen molar-refractivity contribution in [2.45, 2.75) is 38.8 Å². The zero-order chi connectivity index (χ0) is 27.2.